The van der Waals surface area contributed by atoms with E-state index in [2.05, 4.69) is 15.5 Å². The Balaban J connectivity index is 2.35. The van der Waals surface area contributed by atoms with E-state index in [0.717, 1.165) is 5.56 Å². The van der Waals surface area contributed by atoms with Gasteiger partial charge in [-0.15, -0.1) is 5.10 Å². The molecule has 0 bridgehead atoms. The van der Waals surface area contributed by atoms with Crippen molar-refractivity contribution in [1.82, 2.24) is 20.2 Å². The Hall–Kier alpha value is -2.15. The minimum atomic E-state index is 0.538. The maximum absolute atomic E-state index is 5.73. The minimum absolute atomic E-state index is 0.538. The number of anilines is 2. The Morgan fingerprint density at radius 2 is 1.94 bits per heavy atom. The summed E-state index contributed by atoms with van der Waals surface area (Å²) in [5.74, 6) is 0.626. The fourth-order valence-corrected chi connectivity index (χ4v) is 1.55. The standard InChI is InChI=1S/C10H14N6O/c1-17-3-2-16-10(13-14-15-16)7-4-8(11)6-9(12)5-7/h4-6H,2-3,11-12H2,1H3. The minimum Gasteiger partial charge on any atom is -0.399 e. The van der Waals surface area contributed by atoms with Crippen LogP contribution < -0.4 is 11.5 Å². The normalized spacial score (nSPS) is 10.6. The van der Waals surface area contributed by atoms with E-state index >= 15 is 0 Å². The third-order valence-corrected chi connectivity index (χ3v) is 2.27. The van der Waals surface area contributed by atoms with Crippen molar-refractivity contribution in [3.8, 4) is 11.4 Å². The molecule has 1 aromatic heterocycles. The molecule has 0 spiro atoms. The molecule has 0 saturated carbocycles. The van der Waals surface area contributed by atoms with Gasteiger partial charge in [0, 0.05) is 24.0 Å². The Labute approximate surface area is 98.4 Å². The topological polar surface area (TPSA) is 105 Å². The van der Waals surface area contributed by atoms with Gasteiger partial charge in [-0.2, -0.15) is 0 Å². The lowest BCUT2D eigenvalue weighted by molar-refractivity contribution is 0.183. The first-order valence-corrected chi connectivity index (χ1v) is 5.12. The lowest BCUT2D eigenvalue weighted by Crippen LogP contribution is -2.08. The van der Waals surface area contributed by atoms with Crippen LogP contribution in [0, 0.1) is 0 Å². The number of rotatable bonds is 4. The van der Waals surface area contributed by atoms with E-state index < -0.39 is 0 Å². The second kappa shape index (κ2) is 4.79. The number of benzene rings is 1. The first kappa shape index (κ1) is 11.3. The van der Waals surface area contributed by atoms with E-state index in [1.165, 1.54) is 0 Å². The molecule has 2 rings (SSSR count). The van der Waals surface area contributed by atoms with Crippen LogP contribution in [-0.2, 0) is 11.3 Å². The van der Waals surface area contributed by atoms with Gasteiger partial charge in [0.25, 0.3) is 0 Å². The summed E-state index contributed by atoms with van der Waals surface area (Å²) in [6.07, 6.45) is 0. The molecule has 1 aromatic carbocycles. The molecule has 0 amide bonds. The average molecular weight is 234 g/mol. The molecular formula is C10H14N6O. The summed E-state index contributed by atoms with van der Waals surface area (Å²) in [6, 6.07) is 5.25. The Kier molecular flexibility index (Phi) is 3.20. The smallest absolute Gasteiger partial charge is 0.182 e. The number of methoxy groups -OCH3 is 1. The van der Waals surface area contributed by atoms with Crippen molar-refractivity contribution >= 4 is 11.4 Å². The Bertz CT molecular complexity index is 489. The maximum Gasteiger partial charge on any atom is 0.182 e. The number of nitrogens with two attached hydrogens (primary N) is 2. The largest absolute Gasteiger partial charge is 0.399 e. The first-order valence-electron chi connectivity index (χ1n) is 5.12. The van der Waals surface area contributed by atoms with Crippen LogP contribution in [0.25, 0.3) is 11.4 Å². The predicted molar refractivity (Wildman–Crippen MR) is 64.0 cm³/mol. The molecule has 4 N–H and O–H groups in total. The van der Waals surface area contributed by atoms with Gasteiger partial charge in [0.2, 0.25) is 0 Å². The van der Waals surface area contributed by atoms with Crippen LogP contribution in [0.4, 0.5) is 11.4 Å². The van der Waals surface area contributed by atoms with Crippen molar-refractivity contribution in [3.63, 3.8) is 0 Å². The molecule has 90 valence electrons. The molecule has 0 atom stereocenters. The Morgan fingerprint density at radius 3 is 2.59 bits per heavy atom. The second-order valence-electron chi connectivity index (χ2n) is 3.61. The van der Waals surface area contributed by atoms with Gasteiger partial charge in [-0.25, -0.2) is 4.68 Å². The van der Waals surface area contributed by atoms with Crippen LogP contribution in [-0.4, -0.2) is 33.9 Å². The van der Waals surface area contributed by atoms with Crippen molar-refractivity contribution < 1.29 is 4.74 Å². The lowest BCUT2D eigenvalue weighted by Gasteiger charge is -2.05. The van der Waals surface area contributed by atoms with E-state index in [-0.39, 0.29) is 0 Å². The maximum atomic E-state index is 5.73. The van der Waals surface area contributed by atoms with Crippen LogP contribution in [0.2, 0.25) is 0 Å². The summed E-state index contributed by atoms with van der Waals surface area (Å²) in [5, 5.41) is 11.5. The van der Waals surface area contributed by atoms with Gasteiger partial charge in [0.05, 0.1) is 13.2 Å². The number of nitrogens with zero attached hydrogens (tertiary/aromatic N) is 4. The SMILES string of the molecule is COCCn1nnnc1-c1cc(N)cc(N)c1. The van der Waals surface area contributed by atoms with Crippen LogP contribution in [0.1, 0.15) is 0 Å². The number of tetrazole rings is 1. The molecule has 2 aromatic rings. The summed E-state index contributed by atoms with van der Waals surface area (Å²) in [5.41, 5.74) is 13.4. The van der Waals surface area contributed by atoms with Crippen molar-refractivity contribution in [3.05, 3.63) is 18.2 Å². The van der Waals surface area contributed by atoms with Crippen molar-refractivity contribution in [2.75, 3.05) is 25.2 Å². The van der Waals surface area contributed by atoms with E-state index in [1.807, 2.05) is 0 Å². The fourth-order valence-electron chi connectivity index (χ4n) is 1.55. The highest BCUT2D eigenvalue weighted by Gasteiger charge is 2.09. The molecule has 1 heterocycles. The third kappa shape index (κ3) is 2.51. The van der Waals surface area contributed by atoms with Crippen molar-refractivity contribution in [2.24, 2.45) is 0 Å². The van der Waals surface area contributed by atoms with E-state index in [9.17, 15) is 0 Å². The summed E-state index contributed by atoms with van der Waals surface area (Å²) in [4.78, 5) is 0. The summed E-state index contributed by atoms with van der Waals surface area (Å²) in [6.45, 7) is 1.11. The number of aromatic nitrogens is 4. The third-order valence-electron chi connectivity index (χ3n) is 2.27. The second-order valence-corrected chi connectivity index (χ2v) is 3.61. The summed E-state index contributed by atoms with van der Waals surface area (Å²) in [7, 11) is 1.63. The van der Waals surface area contributed by atoms with Gasteiger partial charge in [0.15, 0.2) is 5.82 Å². The molecule has 7 heteroatoms. The highest BCUT2D eigenvalue weighted by Crippen LogP contribution is 2.22. The number of hydrogen-bond acceptors (Lipinski definition) is 6. The van der Waals surface area contributed by atoms with Gasteiger partial charge in [-0.05, 0) is 28.6 Å². The van der Waals surface area contributed by atoms with Gasteiger partial charge >= 0.3 is 0 Å². The number of ether oxygens (including phenoxy) is 1. The van der Waals surface area contributed by atoms with E-state index in [4.69, 9.17) is 16.2 Å². The zero-order chi connectivity index (χ0) is 12.3. The van der Waals surface area contributed by atoms with Gasteiger partial charge in [0.1, 0.15) is 0 Å². The molecule has 0 aliphatic heterocycles. The fraction of sp³-hybridized carbons (Fsp3) is 0.300. The van der Waals surface area contributed by atoms with E-state index in [0.29, 0.717) is 30.4 Å². The number of hydrogen-bond donors (Lipinski definition) is 2. The molecule has 7 nitrogen and oxygen atoms in total. The molecular weight excluding hydrogens is 220 g/mol. The van der Waals surface area contributed by atoms with Crippen molar-refractivity contribution in [2.45, 2.75) is 6.54 Å². The Morgan fingerprint density at radius 1 is 1.24 bits per heavy atom. The molecule has 0 radical (unpaired) electrons. The van der Waals surface area contributed by atoms with Gasteiger partial charge in [-0.1, -0.05) is 0 Å². The molecule has 0 unspecified atom stereocenters. The molecule has 17 heavy (non-hydrogen) atoms. The van der Waals surface area contributed by atoms with Gasteiger partial charge in [-0.3, -0.25) is 0 Å². The van der Waals surface area contributed by atoms with Gasteiger partial charge < -0.3 is 16.2 Å². The van der Waals surface area contributed by atoms with Crippen LogP contribution in [0.3, 0.4) is 0 Å². The number of nitrogen functional groups attached to an aromatic ring is 2. The summed E-state index contributed by atoms with van der Waals surface area (Å²) < 4.78 is 6.64. The zero-order valence-corrected chi connectivity index (χ0v) is 9.50. The van der Waals surface area contributed by atoms with Crippen LogP contribution >= 0.6 is 0 Å². The quantitative estimate of drug-likeness (QED) is 0.729. The van der Waals surface area contributed by atoms with Crippen LogP contribution in [0.15, 0.2) is 18.2 Å². The predicted octanol–water partition coefficient (Wildman–Crippen LogP) is 0.151. The lowest BCUT2D eigenvalue weighted by atomic mass is 10.1. The highest BCUT2D eigenvalue weighted by molar-refractivity contribution is 5.67. The molecule has 0 saturated heterocycles. The average Bonchev–Trinajstić information content (AvgIpc) is 2.73. The zero-order valence-electron chi connectivity index (χ0n) is 9.50. The van der Waals surface area contributed by atoms with Crippen LogP contribution in [0.5, 0.6) is 0 Å². The molecule has 0 aliphatic rings. The summed E-state index contributed by atoms with van der Waals surface area (Å²) >= 11 is 0. The highest BCUT2D eigenvalue weighted by atomic mass is 16.5. The monoisotopic (exact) mass is 234 g/mol. The van der Waals surface area contributed by atoms with Crippen molar-refractivity contribution in [1.29, 1.82) is 0 Å². The molecule has 0 aliphatic carbocycles. The molecule has 0 fully saturated rings. The van der Waals surface area contributed by atoms with E-state index in [1.54, 1.807) is 30.0 Å². The first-order chi connectivity index (χ1) is 8.20.